The van der Waals surface area contributed by atoms with Crippen LogP contribution in [0.1, 0.15) is 23.2 Å². The summed E-state index contributed by atoms with van der Waals surface area (Å²) in [6.45, 7) is 0.263. The first-order valence-electron chi connectivity index (χ1n) is 4.60. The summed E-state index contributed by atoms with van der Waals surface area (Å²) in [5.41, 5.74) is 0.218. The summed E-state index contributed by atoms with van der Waals surface area (Å²) < 4.78 is 17.6. The van der Waals surface area contributed by atoms with E-state index in [0.717, 1.165) is 6.07 Å². The van der Waals surface area contributed by atoms with E-state index in [1.165, 1.54) is 18.2 Å². The second kappa shape index (κ2) is 5.82. The summed E-state index contributed by atoms with van der Waals surface area (Å²) in [6.07, 6.45) is 6.22. The summed E-state index contributed by atoms with van der Waals surface area (Å²) in [4.78, 5) is 11.3. The van der Waals surface area contributed by atoms with E-state index in [-0.39, 0.29) is 12.2 Å². The van der Waals surface area contributed by atoms with E-state index in [9.17, 15) is 9.18 Å². The van der Waals surface area contributed by atoms with Gasteiger partial charge in [0.15, 0.2) is 0 Å². The Bertz CT molecular complexity index is 379. The van der Waals surface area contributed by atoms with Crippen LogP contribution in [0.25, 0.3) is 0 Å². The minimum absolute atomic E-state index is 0.218. The van der Waals surface area contributed by atoms with E-state index >= 15 is 0 Å². The molecule has 3 heteroatoms. The quantitative estimate of drug-likeness (QED) is 0.429. The number of carbonyl (C=O) groups excluding carboxylic acids is 1. The van der Waals surface area contributed by atoms with Crippen molar-refractivity contribution in [3.63, 3.8) is 0 Å². The second-order valence-electron chi connectivity index (χ2n) is 2.95. The molecule has 0 unspecified atom stereocenters. The minimum atomic E-state index is -0.522. The molecule has 0 aliphatic rings. The average molecular weight is 206 g/mol. The highest BCUT2D eigenvalue weighted by molar-refractivity contribution is 5.89. The maximum atomic E-state index is 12.7. The van der Waals surface area contributed by atoms with E-state index in [2.05, 4.69) is 5.92 Å². The largest absolute Gasteiger partial charge is 0.462 e. The molecule has 15 heavy (non-hydrogen) atoms. The van der Waals surface area contributed by atoms with Gasteiger partial charge in [-0.1, -0.05) is 6.07 Å². The molecular formula is C12H11FO2. The lowest BCUT2D eigenvalue weighted by atomic mass is 10.2. The predicted molar refractivity (Wildman–Crippen MR) is 54.7 cm³/mol. The van der Waals surface area contributed by atoms with Crippen LogP contribution < -0.4 is 0 Å². The maximum Gasteiger partial charge on any atom is 0.338 e. The molecule has 0 aromatic heterocycles. The lowest BCUT2D eigenvalue weighted by molar-refractivity contribution is 0.0501. The SMILES string of the molecule is C#CCCCOC(=O)c1cccc(F)c1. The van der Waals surface area contributed by atoms with Crippen molar-refractivity contribution in [1.82, 2.24) is 0 Å². The number of terminal acetylenes is 1. The van der Waals surface area contributed by atoms with Gasteiger partial charge in [-0.15, -0.1) is 12.3 Å². The third kappa shape index (κ3) is 3.82. The van der Waals surface area contributed by atoms with Crippen molar-refractivity contribution in [3.8, 4) is 12.3 Å². The van der Waals surface area contributed by atoms with Crippen LogP contribution in [0.3, 0.4) is 0 Å². The molecule has 0 heterocycles. The summed E-state index contributed by atoms with van der Waals surface area (Å²) in [7, 11) is 0. The van der Waals surface area contributed by atoms with E-state index in [1.54, 1.807) is 0 Å². The highest BCUT2D eigenvalue weighted by Crippen LogP contribution is 2.05. The molecule has 1 rings (SSSR count). The Balaban J connectivity index is 2.44. The van der Waals surface area contributed by atoms with Gasteiger partial charge in [0.1, 0.15) is 5.82 Å². The van der Waals surface area contributed by atoms with Gasteiger partial charge in [-0.05, 0) is 24.6 Å². The summed E-state index contributed by atoms with van der Waals surface area (Å²) in [6, 6.07) is 5.39. The maximum absolute atomic E-state index is 12.7. The lowest BCUT2D eigenvalue weighted by Gasteiger charge is -2.03. The normalized spacial score (nSPS) is 9.33. The fourth-order valence-corrected chi connectivity index (χ4v) is 1.04. The first-order chi connectivity index (χ1) is 7.24. The molecule has 2 nitrogen and oxygen atoms in total. The topological polar surface area (TPSA) is 26.3 Å². The number of esters is 1. The van der Waals surface area contributed by atoms with Crippen molar-refractivity contribution < 1.29 is 13.9 Å². The number of carbonyl (C=O) groups is 1. The van der Waals surface area contributed by atoms with Crippen molar-refractivity contribution >= 4 is 5.97 Å². The monoisotopic (exact) mass is 206 g/mol. The first kappa shape index (κ1) is 11.3. The molecule has 0 spiro atoms. The Labute approximate surface area is 88.1 Å². The van der Waals surface area contributed by atoms with E-state index in [0.29, 0.717) is 12.8 Å². The van der Waals surface area contributed by atoms with Crippen LogP contribution in [-0.2, 0) is 4.74 Å². The molecule has 0 atom stereocenters. The van der Waals surface area contributed by atoms with Gasteiger partial charge in [0, 0.05) is 6.42 Å². The van der Waals surface area contributed by atoms with Gasteiger partial charge in [0.2, 0.25) is 0 Å². The Morgan fingerprint density at radius 2 is 2.33 bits per heavy atom. The fraction of sp³-hybridized carbons (Fsp3) is 0.250. The summed E-state index contributed by atoms with van der Waals surface area (Å²) in [5.74, 6) is 1.47. The minimum Gasteiger partial charge on any atom is -0.462 e. The number of hydrogen-bond donors (Lipinski definition) is 0. The Morgan fingerprint density at radius 1 is 1.53 bits per heavy atom. The van der Waals surface area contributed by atoms with Crippen molar-refractivity contribution in [2.24, 2.45) is 0 Å². The molecule has 0 saturated heterocycles. The highest BCUT2D eigenvalue weighted by atomic mass is 19.1. The molecule has 1 aromatic rings. The smallest absolute Gasteiger partial charge is 0.338 e. The van der Waals surface area contributed by atoms with Crippen molar-refractivity contribution in [2.75, 3.05) is 6.61 Å². The first-order valence-corrected chi connectivity index (χ1v) is 4.60. The molecule has 0 N–H and O–H groups in total. The van der Waals surface area contributed by atoms with E-state index in [4.69, 9.17) is 11.2 Å². The van der Waals surface area contributed by atoms with Crippen LogP contribution in [0.4, 0.5) is 4.39 Å². The van der Waals surface area contributed by atoms with Gasteiger partial charge in [0.25, 0.3) is 0 Å². The van der Waals surface area contributed by atoms with Crippen molar-refractivity contribution in [1.29, 1.82) is 0 Å². The summed E-state index contributed by atoms with van der Waals surface area (Å²) >= 11 is 0. The second-order valence-corrected chi connectivity index (χ2v) is 2.95. The zero-order valence-electron chi connectivity index (χ0n) is 8.20. The van der Waals surface area contributed by atoms with E-state index in [1.807, 2.05) is 0 Å². The Hall–Kier alpha value is -1.82. The molecule has 0 radical (unpaired) electrons. The highest BCUT2D eigenvalue weighted by Gasteiger charge is 2.06. The zero-order chi connectivity index (χ0) is 11.1. The fourth-order valence-electron chi connectivity index (χ4n) is 1.04. The standard InChI is InChI=1S/C12H11FO2/c1-2-3-4-8-15-12(14)10-6-5-7-11(13)9-10/h1,5-7,9H,3-4,8H2. The summed E-state index contributed by atoms with van der Waals surface area (Å²) in [5, 5.41) is 0. The number of rotatable bonds is 4. The molecule has 0 aliphatic heterocycles. The molecule has 0 aliphatic carbocycles. The zero-order valence-corrected chi connectivity index (χ0v) is 8.20. The van der Waals surface area contributed by atoms with Crippen LogP contribution in [-0.4, -0.2) is 12.6 Å². The van der Waals surface area contributed by atoms with Crippen LogP contribution in [0.2, 0.25) is 0 Å². The van der Waals surface area contributed by atoms with Gasteiger partial charge in [-0.2, -0.15) is 0 Å². The number of hydrogen-bond acceptors (Lipinski definition) is 2. The predicted octanol–water partition coefficient (Wildman–Crippen LogP) is 2.40. The van der Waals surface area contributed by atoms with E-state index < -0.39 is 11.8 Å². The number of benzene rings is 1. The Morgan fingerprint density at radius 3 is 3.00 bits per heavy atom. The molecule has 0 amide bonds. The number of ether oxygens (including phenoxy) is 1. The Kier molecular flexibility index (Phi) is 4.36. The molecular weight excluding hydrogens is 195 g/mol. The van der Waals surface area contributed by atoms with Crippen LogP contribution >= 0.6 is 0 Å². The molecule has 0 saturated carbocycles. The van der Waals surface area contributed by atoms with Crippen LogP contribution in [0.5, 0.6) is 0 Å². The van der Waals surface area contributed by atoms with Gasteiger partial charge in [-0.25, -0.2) is 9.18 Å². The number of halogens is 1. The molecule has 0 bridgehead atoms. The number of unbranched alkanes of at least 4 members (excludes halogenated alkanes) is 1. The van der Waals surface area contributed by atoms with Gasteiger partial charge in [0.05, 0.1) is 12.2 Å². The van der Waals surface area contributed by atoms with Gasteiger partial charge in [-0.3, -0.25) is 0 Å². The van der Waals surface area contributed by atoms with Crippen molar-refractivity contribution in [2.45, 2.75) is 12.8 Å². The van der Waals surface area contributed by atoms with Crippen LogP contribution in [0.15, 0.2) is 24.3 Å². The third-order valence-electron chi connectivity index (χ3n) is 1.76. The van der Waals surface area contributed by atoms with Crippen LogP contribution in [0, 0.1) is 18.2 Å². The third-order valence-corrected chi connectivity index (χ3v) is 1.76. The average Bonchev–Trinajstić information content (AvgIpc) is 2.24. The van der Waals surface area contributed by atoms with Crippen molar-refractivity contribution in [3.05, 3.63) is 35.6 Å². The lowest BCUT2D eigenvalue weighted by Crippen LogP contribution is -2.06. The van der Waals surface area contributed by atoms with Gasteiger partial charge < -0.3 is 4.74 Å². The molecule has 78 valence electrons. The molecule has 1 aromatic carbocycles. The molecule has 0 fully saturated rings. The van der Waals surface area contributed by atoms with Gasteiger partial charge >= 0.3 is 5.97 Å².